The first-order valence-corrected chi connectivity index (χ1v) is 7.21. The molecule has 0 amide bonds. The van der Waals surface area contributed by atoms with E-state index in [9.17, 15) is 8.42 Å². The second kappa shape index (κ2) is 5.34. The molecule has 1 aromatic rings. The fraction of sp³-hybridized carbons (Fsp3) is 0.500. The molecule has 0 saturated heterocycles. The minimum atomic E-state index is -3.11. The number of sulfone groups is 1. The van der Waals surface area contributed by atoms with Gasteiger partial charge in [0.15, 0.2) is 9.84 Å². The number of ether oxygens (including phenoxy) is 1. The van der Waals surface area contributed by atoms with Crippen molar-refractivity contribution in [1.82, 2.24) is 0 Å². The summed E-state index contributed by atoms with van der Waals surface area (Å²) in [6.45, 7) is 4.93. The third-order valence-corrected chi connectivity index (χ3v) is 3.34. The maximum atomic E-state index is 11.2. The lowest BCUT2D eigenvalue weighted by Gasteiger charge is -2.08. The lowest BCUT2D eigenvalue weighted by atomic mass is 10.1. The zero-order valence-electron chi connectivity index (χ0n) is 9.93. The van der Waals surface area contributed by atoms with E-state index in [1.165, 1.54) is 6.26 Å². The Morgan fingerprint density at radius 1 is 1.19 bits per heavy atom. The molecule has 0 saturated carbocycles. The molecule has 0 aliphatic heterocycles. The predicted molar refractivity (Wildman–Crippen MR) is 64.5 cm³/mol. The van der Waals surface area contributed by atoms with E-state index < -0.39 is 9.84 Å². The van der Waals surface area contributed by atoms with Gasteiger partial charge in [-0.25, -0.2) is 8.42 Å². The summed E-state index contributed by atoms with van der Waals surface area (Å²) in [6, 6.07) is 6.52. The van der Waals surface area contributed by atoms with E-state index >= 15 is 0 Å². The van der Waals surface area contributed by atoms with Crippen LogP contribution in [0.25, 0.3) is 0 Å². The Balaban J connectivity index is 2.59. The fourth-order valence-corrected chi connectivity index (χ4v) is 1.83. The highest BCUT2D eigenvalue weighted by Gasteiger charge is 2.06. The molecule has 0 aliphatic rings. The molecule has 16 heavy (non-hydrogen) atoms. The highest BCUT2D eigenvalue weighted by atomic mass is 32.2. The molecule has 90 valence electrons. The molecule has 1 rings (SSSR count). The first kappa shape index (κ1) is 13.0. The number of hydrogen-bond acceptors (Lipinski definition) is 3. The molecule has 0 radical (unpaired) electrons. The Hall–Kier alpha value is -1.03. The van der Waals surface area contributed by atoms with Gasteiger partial charge in [0.25, 0.3) is 0 Å². The lowest BCUT2D eigenvalue weighted by Crippen LogP contribution is -2.02. The minimum Gasteiger partial charge on any atom is -0.494 e. The van der Waals surface area contributed by atoms with Gasteiger partial charge < -0.3 is 4.74 Å². The van der Waals surface area contributed by atoms with Crippen molar-refractivity contribution in [2.45, 2.75) is 25.2 Å². The molecule has 0 N–H and O–H groups in total. The van der Waals surface area contributed by atoms with Crippen LogP contribution in [0.3, 0.4) is 0 Å². The third kappa shape index (κ3) is 4.23. The molecule has 0 fully saturated rings. The molecular formula is C12H18O3S. The summed E-state index contributed by atoms with van der Waals surface area (Å²) in [7, 11) is -3.11. The summed E-state index contributed by atoms with van der Waals surface area (Å²) in [5.41, 5.74) is 0. The van der Waals surface area contributed by atoms with Gasteiger partial charge in [-0.15, -0.1) is 0 Å². The largest absolute Gasteiger partial charge is 0.494 e. The molecule has 0 spiro atoms. The van der Waals surface area contributed by atoms with Gasteiger partial charge in [0.2, 0.25) is 0 Å². The summed E-state index contributed by atoms with van der Waals surface area (Å²) in [5.74, 6) is 1.32. The Morgan fingerprint density at radius 2 is 1.75 bits per heavy atom. The third-order valence-electron chi connectivity index (χ3n) is 2.22. The van der Waals surface area contributed by atoms with Crippen LogP contribution in [-0.4, -0.2) is 21.3 Å². The van der Waals surface area contributed by atoms with Gasteiger partial charge in [0, 0.05) is 6.26 Å². The van der Waals surface area contributed by atoms with Crippen molar-refractivity contribution >= 4 is 9.84 Å². The molecule has 0 aromatic heterocycles. The topological polar surface area (TPSA) is 43.4 Å². The second-order valence-corrected chi connectivity index (χ2v) is 6.29. The first-order chi connectivity index (χ1) is 7.39. The minimum absolute atomic E-state index is 0.323. The van der Waals surface area contributed by atoms with E-state index in [0.717, 1.165) is 6.42 Å². The van der Waals surface area contributed by atoms with Gasteiger partial charge in [-0.1, -0.05) is 13.8 Å². The van der Waals surface area contributed by atoms with Gasteiger partial charge in [-0.05, 0) is 36.6 Å². The Morgan fingerprint density at radius 3 is 2.19 bits per heavy atom. The maximum absolute atomic E-state index is 11.2. The monoisotopic (exact) mass is 242 g/mol. The van der Waals surface area contributed by atoms with Crippen LogP contribution >= 0.6 is 0 Å². The van der Waals surface area contributed by atoms with Gasteiger partial charge in [0.1, 0.15) is 5.75 Å². The van der Waals surface area contributed by atoms with Gasteiger partial charge in [-0.2, -0.15) is 0 Å². The summed E-state index contributed by atoms with van der Waals surface area (Å²) in [4.78, 5) is 0.323. The highest BCUT2D eigenvalue weighted by molar-refractivity contribution is 7.90. The van der Waals surface area contributed by atoms with E-state index in [0.29, 0.717) is 23.2 Å². The quantitative estimate of drug-likeness (QED) is 0.797. The Kier molecular flexibility index (Phi) is 4.35. The molecule has 4 heteroatoms. The lowest BCUT2D eigenvalue weighted by molar-refractivity contribution is 0.289. The van der Waals surface area contributed by atoms with E-state index in [2.05, 4.69) is 13.8 Å². The normalized spacial score (nSPS) is 11.8. The zero-order chi connectivity index (χ0) is 12.2. The summed E-state index contributed by atoms with van der Waals surface area (Å²) < 4.78 is 27.9. The van der Waals surface area contributed by atoms with Crippen LogP contribution in [-0.2, 0) is 9.84 Å². The number of hydrogen-bond donors (Lipinski definition) is 0. The van der Waals surface area contributed by atoms with Gasteiger partial charge in [0.05, 0.1) is 11.5 Å². The maximum Gasteiger partial charge on any atom is 0.175 e. The van der Waals surface area contributed by atoms with E-state index in [1.807, 2.05) is 0 Å². The van der Waals surface area contributed by atoms with Crippen LogP contribution in [0.15, 0.2) is 29.2 Å². The van der Waals surface area contributed by atoms with Crippen molar-refractivity contribution in [3.05, 3.63) is 24.3 Å². The van der Waals surface area contributed by atoms with Crippen LogP contribution < -0.4 is 4.74 Å². The molecule has 0 heterocycles. The summed E-state index contributed by atoms with van der Waals surface area (Å²) >= 11 is 0. The van der Waals surface area contributed by atoms with Crippen LogP contribution in [0, 0.1) is 5.92 Å². The van der Waals surface area contributed by atoms with Crippen LogP contribution in [0.1, 0.15) is 20.3 Å². The molecule has 0 aliphatic carbocycles. The van der Waals surface area contributed by atoms with Crippen LogP contribution in [0.4, 0.5) is 0 Å². The molecule has 0 atom stereocenters. The number of rotatable bonds is 5. The van der Waals surface area contributed by atoms with Gasteiger partial charge in [-0.3, -0.25) is 0 Å². The predicted octanol–water partition coefficient (Wildman–Crippen LogP) is 2.52. The van der Waals surface area contributed by atoms with E-state index in [-0.39, 0.29) is 0 Å². The van der Waals surface area contributed by atoms with E-state index in [4.69, 9.17) is 4.74 Å². The van der Waals surface area contributed by atoms with E-state index in [1.54, 1.807) is 24.3 Å². The highest BCUT2D eigenvalue weighted by Crippen LogP contribution is 2.16. The van der Waals surface area contributed by atoms with Crippen molar-refractivity contribution in [2.75, 3.05) is 12.9 Å². The molecule has 1 aromatic carbocycles. The first-order valence-electron chi connectivity index (χ1n) is 5.32. The van der Waals surface area contributed by atoms with Crippen LogP contribution in [0.5, 0.6) is 5.75 Å². The smallest absolute Gasteiger partial charge is 0.175 e. The Labute approximate surface area is 97.4 Å². The second-order valence-electron chi connectivity index (χ2n) is 4.27. The molecule has 0 bridgehead atoms. The van der Waals surface area contributed by atoms with Crippen molar-refractivity contribution in [2.24, 2.45) is 5.92 Å². The molecule has 0 unspecified atom stereocenters. The van der Waals surface area contributed by atoms with Crippen molar-refractivity contribution in [3.8, 4) is 5.75 Å². The van der Waals surface area contributed by atoms with Crippen molar-refractivity contribution < 1.29 is 13.2 Å². The summed E-state index contributed by atoms with van der Waals surface area (Å²) in [5, 5.41) is 0. The number of benzene rings is 1. The molecule has 3 nitrogen and oxygen atoms in total. The van der Waals surface area contributed by atoms with Crippen molar-refractivity contribution in [1.29, 1.82) is 0 Å². The fourth-order valence-electron chi connectivity index (χ4n) is 1.20. The average molecular weight is 242 g/mol. The van der Waals surface area contributed by atoms with Crippen molar-refractivity contribution in [3.63, 3.8) is 0 Å². The SMILES string of the molecule is CC(C)CCOc1ccc(S(C)(=O)=O)cc1. The Bertz CT molecular complexity index is 418. The van der Waals surface area contributed by atoms with Gasteiger partial charge >= 0.3 is 0 Å². The summed E-state index contributed by atoms with van der Waals surface area (Å²) in [6.07, 6.45) is 2.19. The molecular weight excluding hydrogens is 224 g/mol. The van der Waals surface area contributed by atoms with Crippen LogP contribution in [0.2, 0.25) is 0 Å². The standard InChI is InChI=1S/C12H18O3S/c1-10(2)8-9-15-11-4-6-12(7-5-11)16(3,13)14/h4-7,10H,8-9H2,1-3H3. The average Bonchev–Trinajstić information content (AvgIpc) is 2.16. The zero-order valence-corrected chi connectivity index (χ0v) is 10.8.